The van der Waals surface area contributed by atoms with E-state index in [2.05, 4.69) is 15.2 Å². The van der Waals surface area contributed by atoms with E-state index < -0.39 is 25.1 Å². The molecular formula is C18H14F2N2O5. The molecule has 1 amide bonds. The third kappa shape index (κ3) is 4.78. The van der Waals surface area contributed by atoms with Crippen LogP contribution in [0.5, 0.6) is 5.75 Å². The Bertz CT molecular complexity index is 958. The second-order valence-electron chi connectivity index (χ2n) is 5.39. The summed E-state index contributed by atoms with van der Waals surface area (Å²) in [5.74, 6) is -1.57. The molecule has 27 heavy (non-hydrogen) atoms. The highest BCUT2D eigenvalue weighted by atomic mass is 19.3. The fourth-order valence-electron chi connectivity index (χ4n) is 2.35. The number of carbonyl (C=O) groups excluding carboxylic acids is 2. The van der Waals surface area contributed by atoms with Crippen LogP contribution >= 0.6 is 0 Å². The molecule has 0 unspecified atom stereocenters. The molecule has 1 heterocycles. The van der Waals surface area contributed by atoms with E-state index in [1.807, 2.05) is 0 Å². The Morgan fingerprint density at radius 1 is 1.11 bits per heavy atom. The lowest BCUT2D eigenvalue weighted by Crippen LogP contribution is -2.22. The monoisotopic (exact) mass is 376 g/mol. The van der Waals surface area contributed by atoms with Gasteiger partial charge in [0.15, 0.2) is 12.2 Å². The van der Waals surface area contributed by atoms with Crippen LogP contribution in [0.15, 0.2) is 53.1 Å². The number of nitrogens with zero attached hydrogens (tertiary/aromatic N) is 1. The minimum Gasteiger partial charge on any atom is -0.455 e. The van der Waals surface area contributed by atoms with Gasteiger partial charge in [-0.05, 0) is 24.3 Å². The molecule has 140 valence electrons. The summed E-state index contributed by atoms with van der Waals surface area (Å²) in [4.78, 5) is 23.8. The van der Waals surface area contributed by atoms with Gasteiger partial charge in [-0.1, -0.05) is 29.4 Å². The molecule has 0 spiro atoms. The molecule has 0 atom stereocenters. The average molecular weight is 376 g/mol. The molecule has 3 aromatic rings. The number of aromatic nitrogens is 1. The Morgan fingerprint density at radius 2 is 1.85 bits per heavy atom. The number of hydrogen-bond acceptors (Lipinski definition) is 6. The number of benzene rings is 2. The van der Waals surface area contributed by atoms with Crippen molar-refractivity contribution in [1.82, 2.24) is 5.16 Å². The number of esters is 1. The number of carbonyl (C=O) groups is 2. The first-order valence-corrected chi connectivity index (χ1v) is 7.85. The van der Waals surface area contributed by atoms with Crippen LogP contribution in [-0.4, -0.2) is 30.3 Å². The number of alkyl halides is 2. The molecule has 0 aliphatic heterocycles. The lowest BCUT2D eigenvalue weighted by atomic mass is 10.2. The molecule has 1 aromatic heterocycles. The fourth-order valence-corrected chi connectivity index (χ4v) is 2.35. The van der Waals surface area contributed by atoms with Crippen LogP contribution in [0.25, 0.3) is 11.0 Å². The summed E-state index contributed by atoms with van der Waals surface area (Å²) < 4.78 is 39.0. The van der Waals surface area contributed by atoms with Crippen LogP contribution in [0, 0.1) is 0 Å². The van der Waals surface area contributed by atoms with Crippen LogP contribution in [0.2, 0.25) is 0 Å². The summed E-state index contributed by atoms with van der Waals surface area (Å²) in [6.07, 6.45) is -0.171. The quantitative estimate of drug-likeness (QED) is 0.637. The van der Waals surface area contributed by atoms with Crippen LogP contribution in [0.4, 0.5) is 14.5 Å². The van der Waals surface area contributed by atoms with Crippen molar-refractivity contribution in [3.8, 4) is 5.75 Å². The number of para-hydroxylation sites is 3. The van der Waals surface area contributed by atoms with Gasteiger partial charge in [0.1, 0.15) is 11.4 Å². The van der Waals surface area contributed by atoms with Gasteiger partial charge in [-0.15, -0.1) is 0 Å². The number of amides is 1. The first kappa shape index (κ1) is 18.3. The molecule has 2 aromatic carbocycles. The number of anilines is 1. The van der Waals surface area contributed by atoms with E-state index in [4.69, 9.17) is 9.26 Å². The molecule has 3 rings (SSSR count). The van der Waals surface area contributed by atoms with E-state index >= 15 is 0 Å². The highest BCUT2D eigenvalue weighted by Crippen LogP contribution is 2.25. The van der Waals surface area contributed by atoms with E-state index in [0.717, 1.165) is 0 Å². The number of hydrogen-bond donors (Lipinski definition) is 1. The zero-order chi connectivity index (χ0) is 19.2. The molecule has 0 aliphatic rings. The zero-order valence-corrected chi connectivity index (χ0v) is 13.9. The molecule has 7 nitrogen and oxygen atoms in total. The maximum absolute atomic E-state index is 12.4. The van der Waals surface area contributed by atoms with Crippen LogP contribution in [0.1, 0.15) is 5.69 Å². The smallest absolute Gasteiger partial charge is 0.387 e. The van der Waals surface area contributed by atoms with Gasteiger partial charge >= 0.3 is 12.6 Å². The molecule has 0 bridgehead atoms. The van der Waals surface area contributed by atoms with Crippen LogP contribution in [-0.2, 0) is 20.7 Å². The SMILES string of the molecule is O=C(COC(=O)Cc1noc2ccccc12)Nc1ccccc1OC(F)F. The van der Waals surface area contributed by atoms with Crippen molar-refractivity contribution in [3.63, 3.8) is 0 Å². The third-order valence-corrected chi connectivity index (χ3v) is 3.51. The Labute approximate surface area is 151 Å². The van der Waals surface area contributed by atoms with Crippen molar-refractivity contribution in [2.24, 2.45) is 0 Å². The van der Waals surface area contributed by atoms with Gasteiger partial charge in [-0.3, -0.25) is 9.59 Å². The topological polar surface area (TPSA) is 90.7 Å². The van der Waals surface area contributed by atoms with Gasteiger partial charge in [-0.2, -0.15) is 8.78 Å². The van der Waals surface area contributed by atoms with Crippen molar-refractivity contribution in [2.45, 2.75) is 13.0 Å². The Balaban J connectivity index is 1.54. The maximum Gasteiger partial charge on any atom is 0.387 e. The average Bonchev–Trinajstić information content (AvgIpc) is 3.04. The summed E-state index contributed by atoms with van der Waals surface area (Å²) in [6, 6.07) is 12.7. The van der Waals surface area contributed by atoms with Gasteiger partial charge in [0.2, 0.25) is 0 Å². The van der Waals surface area contributed by atoms with Gasteiger partial charge < -0.3 is 19.3 Å². The van der Waals surface area contributed by atoms with Gasteiger partial charge in [-0.25, -0.2) is 0 Å². The molecule has 0 saturated heterocycles. The summed E-state index contributed by atoms with van der Waals surface area (Å²) in [6.45, 7) is -3.62. The molecule has 0 radical (unpaired) electrons. The Hall–Kier alpha value is -3.49. The highest BCUT2D eigenvalue weighted by molar-refractivity contribution is 5.94. The van der Waals surface area contributed by atoms with E-state index in [0.29, 0.717) is 16.7 Å². The number of rotatable bonds is 7. The molecular weight excluding hydrogens is 362 g/mol. The number of nitrogens with one attached hydrogen (secondary N) is 1. The first-order chi connectivity index (χ1) is 13.0. The van der Waals surface area contributed by atoms with Crippen molar-refractivity contribution < 1.29 is 32.4 Å². The molecule has 0 aliphatic carbocycles. The van der Waals surface area contributed by atoms with Crippen LogP contribution < -0.4 is 10.1 Å². The minimum atomic E-state index is -3.03. The number of ether oxygens (including phenoxy) is 2. The zero-order valence-electron chi connectivity index (χ0n) is 13.9. The number of fused-ring (bicyclic) bond motifs is 1. The largest absolute Gasteiger partial charge is 0.455 e. The standard InChI is InChI=1S/C18H14F2N2O5/c19-18(20)26-15-8-4-2-6-12(15)21-16(23)10-25-17(24)9-13-11-5-1-3-7-14(11)27-22-13/h1-8,18H,9-10H2,(H,21,23). The van der Waals surface area contributed by atoms with E-state index in [1.165, 1.54) is 24.3 Å². The minimum absolute atomic E-state index is 0.0429. The normalized spacial score (nSPS) is 10.8. The molecule has 0 saturated carbocycles. The molecule has 9 heteroatoms. The lowest BCUT2D eigenvalue weighted by Gasteiger charge is -2.11. The third-order valence-electron chi connectivity index (χ3n) is 3.51. The van der Waals surface area contributed by atoms with Crippen molar-refractivity contribution in [2.75, 3.05) is 11.9 Å². The van der Waals surface area contributed by atoms with Crippen LogP contribution in [0.3, 0.4) is 0 Å². The van der Waals surface area contributed by atoms with Crippen molar-refractivity contribution in [1.29, 1.82) is 0 Å². The maximum atomic E-state index is 12.4. The predicted octanol–water partition coefficient (Wildman–Crippen LogP) is 3.15. The summed E-state index contributed by atoms with van der Waals surface area (Å²) in [5, 5.41) is 6.83. The highest BCUT2D eigenvalue weighted by Gasteiger charge is 2.16. The summed E-state index contributed by atoms with van der Waals surface area (Å²) >= 11 is 0. The van der Waals surface area contributed by atoms with Crippen molar-refractivity contribution >= 4 is 28.5 Å². The molecule has 0 fully saturated rings. The number of halogens is 2. The second-order valence-corrected chi connectivity index (χ2v) is 5.39. The summed E-state index contributed by atoms with van der Waals surface area (Å²) in [5.41, 5.74) is 0.974. The van der Waals surface area contributed by atoms with Gasteiger partial charge in [0, 0.05) is 5.39 Å². The Kier molecular flexibility index (Phi) is 5.60. The van der Waals surface area contributed by atoms with Gasteiger partial charge in [0.05, 0.1) is 12.1 Å². The Morgan fingerprint density at radius 3 is 2.67 bits per heavy atom. The molecule has 1 N–H and O–H groups in total. The second kappa shape index (κ2) is 8.26. The summed E-state index contributed by atoms with van der Waals surface area (Å²) in [7, 11) is 0. The fraction of sp³-hybridized carbons (Fsp3) is 0.167. The van der Waals surface area contributed by atoms with E-state index in [1.54, 1.807) is 24.3 Å². The van der Waals surface area contributed by atoms with E-state index in [9.17, 15) is 18.4 Å². The van der Waals surface area contributed by atoms with E-state index in [-0.39, 0.29) is 17.9 Å². The first-order valence-electron chi connectivity index (χ1n) is 7.85. The van der Waals surface area contributed by atoms with Crippen molar-refractivity contribution in [3.05, 3.63) is 54.2 Å². The van der Waals surface area contributed by atoms with Gasteiger partial charge in [0.25, 0.3) is 5.91 Å². The predicted molar refractivity (Wildman–Crippen MR) is 90.4 cm³/mol. The lowest BCUT2D eigenvalue weighted by molar-refractivity contribution is -0.146.